The van der Waals surface area contributed by atoms with Gasteiger partial charge in [-0.25, -0.2) is 4.79 Å². The third kappa shape index (κ3) is 3.34. The number of carbonyl (C=O) groups excluding carboxylic acids is 4. The van der Waals surface area contributed by atoms with Gasteiger partial charge in [-0.3, -0.25) is 14.4 Å². The van der Waals surface area contributed by atoms with Gasteiger partial charge in [0.05, 0.1) is 6.42 Å². The summed E-state index contributed by atoms with van der Waals surface area (Å²) >= 11 is 0. The van der Waals surface area contributed by atoms with Crippen molar-refractivity contribution in [1.29, 1.82) is 0 Å². The van der Waals surface area contributed by atoms with Gasteiger partial charge >= 0.3 is 5.97 Å². The van der Waals surface area contributed by atoms with Gasteiger partial charge in [-0.05, 0) is 0 Å². The maximum absolute atomic E-state index is 11.2. The Morgan fingerprint density at radius 3 is 2.38 bits per heavy atom. The molecule has 0 saturated carbocycles. The highest BCUT2D eigenvalue weighted by Gasteiger charge is 2.32. The number of hydroxylamine groups is 2. The van der Waals surface area contributed by atoms with Gasteiger partial charge in [0.15, 0.2) is 0 Å². The van der Waals surface area contributed by atoms with Gasteiger partial charge in [0, 0.05) is 26.3 Å². The van der Waals surface area contributed by atoms with Crippen molar-refractivity contribution in [1.82, 2.24) is 10.4 Å². The monoisotopic (exact) mass is 232 g/mol. The average molecular weight is 232 g/mol. The predicted molar refractivity (Wildman–Crippen MR) is 50.5 cm³/mol. The number of nitrogens with zero attached hydrogens (tertiary/aromatic N) is 1. The second kappa shape index (κ2) is 5.24. The predicted octanol–water partition coefficient (Wildman–Crippen LogP) is -0.880. The first kappa shape index (κ1) is 12.2. The molecule has 0 radical (unpaired) electrons. The summed E-state index contributed by atoms with van der Waals surface area (Å²) in [6.07, 6.45) is 0.0479. The molecule has 3 amide bonds. The van der Waals surface area contributed by atoms with Crippen LogP contribution in [-0.2, 0) is 24.0 Å². The quantitative estimate of drug-likeness (QED) is 0.386. The smallest absolute Gasteiger partial charge is 0.334 e. The van der Waals surface area contributed by atoms with E-state index >= 15 is 0 Å². The highest BCUT2D eigenvalue weighted by Crippen LogP contribution is 2.12. The Balaban J connectivity index is 2.31. The molecule has 88 valence electrons. The van der Waals surface area contributed by atoms with E-state index in [0.717, 1.165) is 0 Å². The van der Waals surface area contributed by atoms with Crippen LogP contribution in [-0.4, -0.2) is 35.3 Å². The van der Waals surface area contributed by atoms with Gasteiger partial charge in [-0.2, -0.15) is 0 Å². The average Bonchev–Trinajstić information content (AvgIpc) is 2.49. The lowest BCUT2D eigenvalue weighted by molar-refractivity contribution is -0.197. The Kier molecular flexibility index (Phi) is 3.98. The molecule has 0 unspecified atom stereocenters. The minimum atomic E-state index is -0.725. The molecule has 16 heavy (non-hydrogen) atoms. The number of nitrogens with one attached hydrogen (secondary N) is 1. The van der Waals surface area contributed by atoms with Crippen molar-refractivity contribution in [2.45, 2.75) is 26.2 Å². The molecule has 1 N–H and O–H groups in total. The zero-order valence-electron chi connectivity index (χ0n) is 8.82. The van der Waals surface area contributed by atoms with Crippen LogP contribution in [0, 0.1) is 0 Å². The van der Waals surface area contributed by atoms with E-state index in [1.54, 1.807) is 0 Å². The Morgan fingerprint density at radius 2 is 1.88 bits per heavy atom. The first-order valence-electron chi connectivity index (χ1n) is 4.81. The Labute approximate surface area is 91.7 Å². The molecule has 0 bridgehead atoms. The second-order valence-corrected chi connectivity index (χ2v) is 3.28. The van der Waals surface area contributed by atoms with Crippen LogP contribution < -0.4 is 5.32 Å². The zero-order chi connectivity index (χ0) is 12.1. The highest BCUT2D eigenvalue weighted by molar-refractivity contribution is 6.01. The molecule has 0 aromatic carbocycles. The molecule has 0 spiro atoms. The van der Waals surface area contributed by atoms with Gasteiger partial charge in [-0.1, -0.05) is 0 Å². The van der Waals surface area contributed by atoms with Crippen molar-refractivity contribution in [2.24, 2.45) is 0 Å². The summed E-state index contributed by atoms with van der Waals surface area (Å²) in [5, 5.41) is 2.88. The molecule has 1 fully saturated rings. The molecule has 1 saturated heterocycles. The number of hydrogen-bond acceptors (Lipinski definition) is 5. The fourth-order valence-electron chi connectivity index (χ4n) is 1.15. The third-order valence-electron chi connectivity index (χ3n) is 1.90. The summed E-state index contributed by atoms with van der Waals surface area (Å²) in [6, 6.07) is 0. The summed E-state index contributed by atoms with van der Waals surface area (Å²) < 4.78 is 0. The fourth-order valence-corrected chi connectivity index (χ4v) is 1.15. The van der Waals surface area contributed by atoms with E-state index in [1.165, 1.54) is 6.92 Å². The van der Waals surface area contributed by atoms with Crippen LogP contribution in [0.2, 0.25) is 0 Å². The largest absolute Gasteiger partial charge is 0.356 e. The van der Waals surface area contributed by atoms with Gasteiger partial charge in [0.1, 0.15) is 0 Å². The normalized spacial score (nSPS) is 15.2. The SMILES string of the molecule is [13CH3][13C](=O)[15NH]CC[13C](=O)ON1C(=O)CCC1=O. The van der Waals surface area contributed by atoms with E-state index in [9.17, 15) is 19.2 Å². The van der Waals surface area contributed by atoms with Crippen LogP contribution >= 0.6 is 0 Å². The number of imide groups is 1. The molecule has 0 aliphatic carbocycles. The Morgan fingerprint density at radius 1 is 1.31 bits per heavy atom. The van der Waals surface area contributed by atoms with Crippen molar-refractivity contribution in [3.8, 4) is 0 Å². The van der Waals surface area contributed by atoms with Crippen molar-refractivity contribution < 1.29 is 24.0 Å². The summed E-state index contributed by atoms with van der Waals surface area (Å²) in [4.78, 5) is 48.3. The molecule has 7 heteroatoms. The molecule has 1 rings (SSSR count). The van der Waals surface area contributed by atoms with Crippen molar-refractivity contribution >= 4 is 23.7 Å². The molecule has 1 aliphatic rings. The van der Waals surface area contributed by atoms with E-state index in [-0.39, 0.29) is 31.7 Å². The standard InChI is InChI=1S/C9H12N2O5/c1-6(12)10-5-4-9(15)16-11-7(13)2-3-8(11)14/h2-5H2,1H3,(H,10,12)/i1+1,6+1,9+1,10+1. The van der Waals surface area contributed by atoms with Crippen LogP contribution in [0.3, 0.4) is 0 Å². The van der Waals surface area contributed by atoms with Crippen molar-refractivity contribution in [3.63, 3.8) is 0 Å². The van der Waals surface area contributed by atoms with Gasteiger partial charge in [0.2, 0.25) is 5.91 Å². The summed E-state index contributed by atoms with van der Waals surface area (Å²) in [6.45, 7) is 1.43. The van der Waals surface area contributed by atoms with Crippen LogP contribution in [0.4, 0.5) is 0 Å². The number of carbonyl (C=O) groups is 4. The minimum Gasteiger partial charge on any atom is -0.356 e. The van der Waals surface area contributed by atoms with Crippen LogP contribution in [0.5, 0.6) is 0 Å². The molecule has 1 aliphatic heterocycles. The van der Waals surface area contributed by atoms with E-state index in [0.29, 0.717) is 5.06 Å². The lowest BCUT2D eigenvalue weighted by atomic mass is 10.4. The van der Waals surface area contributed by atoms with Crippen LogP contribution in [0.1, 0.15) is 26.2 Å². The lowest BCUT2D eigenvalue weighted by Crippen LogP contribution is -2.33. The molecular weight excluding hydrogens is 220 g/mol. The first-order valence-corrected chi connectivity index (χ1v) is 4.81. The highest BCUT2D eigenvalue weighted by atomic mass is 16.8. The van der Waals surface area contributed by atoms with E-state index in [2.05, 4.69) is 10.2 Å². The van der Waals surface area contributed by atoms with E-state index in [4.69, 9.17) is 0 Å². The minimum absolute atomic E-state index is 0.0673. The van der Waals surface area contributed by atoms with Gasteiger partial charge in [0.25, 0.3) is 11.8 Å². The molecule has 7 nitrogen and oxygen atoms in total. The number of hydrogen-bond donors (Lipinski definition) is 1. The van der Waals surface area contributed by atoms with Crippen molar-refractivity contribution in [2.75, 3.05) is 6.54 Å². The maximum atomic E-state index is 11.2. The van der Waals surface area contributed by atoms with Crippen molar-refractivity contribution in [3.05, 3.63) is 0 Å². The summed E-state index contributed by atoms with van der Waals surface area (Å²) in [7, 11) is 0. The maximum Gasteiger partial charge on any atom is 0.334 e. The van der Waals surface area contributed by atoms with Gasteiger partial charge < -0.3 is 10.2 Å². The molecule has 1 heterocycles. The van der Waals surface area contributed by atoms with Gasteiger partial charge in [-0.15, -0.1) is 5.06 Å². The van der Waals surface area contributed by atoms with E-state index < -0.39 is 17.8 Å². The topological polar surface area (TPSA) is 92.8 Å². The number of rotatable bonds is 4. The Hall–Kier alpha value is -1.92. The summed E-state index contributed by atoms with van der Waals surface area (Å²) in [5.74, 6) is -2.02. The first-order chi connectivity index (χ1) is 7.50. The second-order valence-electron chi connectivity index (χ2n) is 3.28. The molecule has 0 aromatic heterocycles. The number of amides is 3. The fraction of sp³-hybridized carbons (Fsp3) is 0.556. The third-order valence-corrected chi connectivity index (χ3v) is 1.90. The Bertz CT molecular complexity index is 323. The summed E-state index contributed by atoms with van der Waals surface area (Å²) in [5.41, 5.74) is 0. The lowest BCUT2D eigenvalue weighted by Gasteiger charge is -2.12. The zero-order valence-corrected chi connectivity index (χ0v) is 8.82. The molecular formula is C9H12N2O5. The molecule has 0 aromatic rings. The van der Waals surface area contributed by atoms with E-state index in [1.807, 2.05) is 0 Å². The van der Waals surface area contributed by atoms with Crippen LogP contribution in [0.25, 0.3) is 0 Å². The van der Waals surface area contributed by atoms with Crippen LogP contribution in [0.15, 0.2) is 0 Å². The molecule has 0 atom stereocenters.